The van der Waals surface area contributed by atoms with Crippen molar-refractivity contribution in [1.29, 1.82) is 0 Å². The number of hydrogen-bond donors (Lipinski definition) is 3. The summed E-state index contributed by atoms with van der Waals surface area (Å²) in [6, 6.07) is 5.44. The second-order valence-corrected chi connectivity index (χ2v) is 9.10. The lowest BCUT2D eigenvalue weighted by atomic mass is 10.1. The number of nitrogens with zero attached hydrogens (tertiary/aromatic N) is 3. The Morgan fingerprint density at radius 2 is 2.06 bits per heavy atom. The maximum atomic E-state index is 12.1. The Morgan fingerprint density at radius 3 is 2.73 bits per heavy atom. The molecule has 1 amide bonds. The number of thioether (sulfide) groups is 1. The maximum absolute atomic E-state index is 12.1. The highest BCUT2D eigenvalue weighted by Crippen LogP contribution is 2.36. The molecule has 3 heterocycles. The number of amides is 1. The molecule has 1 fully saturated rings. The Bertz CT molecular complexity index is 935. The maximum Gasteiger partial charge on any atom is 0.410 e. The van der Waals surface area contributed by atoms with Crippen molar-refractivity contribution in [2.75, 3.05) is 42.3 Å². The average Bonchev–Trinajstić information content (AvgIpc) is 2.78. The fourth-order valence-corrected chi connectivity index (χ4v) is 3.74. The molecule has 2 aromatic heterocycles. The van der Waals surface area contributed by atoms with Gasteiger partial charge in [-0.05, 0) is 39.2 Å². The molecular formula is C23H33N5O4S. The van der Waals surface area contributed by atoms with Crippen LogP contribution in [0.3, 0.4) is 0 Å². The Balaban J connectivity index is 1.59. The summed E-state index contributed by atoms with van der Waals surface area (Å²) in [7, 11) is 0. The number of carbonyl (C=O) groups excluding carboxylic acids is 1. The van der Waals surface area contributed by atoms with Crippen LogP contribution < -0.4 is 15.4 Å². The Hall–Kier alpha value is -2.88. The third kappa shape index (κ3) is 7.05. The van der Waals surface area contributed by atoms with Gasteiger partial charge in [0.25, 0.3) is 0 Å². The molecule has 0 saturated carbocycles. The predicted molar refractivity (Wildman–Crippen MR) is 132 cm³/mol. The summed E-state index contributed by atoms with van der Waals surface area (Å²) in [5, 5.41) is 17.2. The summed E-state index contributed by atoms with van der Waals surface area (Å²) < 4.78 is 11.3. The van der Waals surface area contributed by atoms with Crippen molar-refractivity contribution in [1.82, 2.24) is 14.9 Å². The van der Waals surface area contributed by atoms with E-state index >= 15 is 0 Å². The van der Waals surface area contributed by atoms with E-state index in [2.05, 4.69) is 26.9 Å². The number of pyridine rings is 2. The van der Waals surface area contributed by atoms with Crippen molar-refractivity contribution in [2.45, 2.75) is 45.8 Å². The van der Waals surface area contributed by atoms with E-state index in [0.717, 1.165) is 29.5 Å². The highest BCUT2D eigenvalue weighted by Gasteiger charge is 2.26. The van der Waals surface area contributed by atoms with Crippen LogP contribution in [-0.4, -0.2) is 69.9 Å². The number of aromatic nitrogens is 2. The lowest BCUT2D eigenvalue weighted by molar-refractivity contribution is 0.0511. The van der Waals surface area contributed by atoms with Crippen LogP contribution >= 0.6 is 11.8 Å². The van der Waals surface area contributed by atoms with Gasteiger partial charge in [-0.1, -0.05) is 0 Å². The molecule has 0 aliphatic carbocycles. The van der Waals surface area contributed by atoms with E-state index in [-0.39, 0.29) is 24.1 Å². The van der Waals surface area contributed by atoms with Gasteiger partial charge in [-0.25, -0.2) is 14.8 Å². The van der Waals surface area contributed by atoms with Crippen molar-refractivity contribution in [3.8, 4) is 11.5 Å². The summed E-state index contributed by atoms with van der Waals surface area (Å²) in [6.07, 6.45) is 4.43. The number of aryl methyl sites for hydroxylation is 1. The molecule has 3 N–H and O–H groups in total. The molecule has 0 aromatic carbocycles. The molecule has 0 radical (unpaired) electrons. The fraction of sp³-hybridized carbons (Fsp3) is 0.522. The fourth-order valence-electron chi connectivity index (χ4n) is 3.44. The number of hydrogen-bond acceptors (Lipinski definition) is 9. The number of ether oxygens (including phenoxy) is 2. The average molecular weight is 476 g/mol. The van der Waals surface area contributed by atoms with Crippen molar-refractivity contribution < 1.29 is 19.4 Å². The van der Waals surface area contributed by atoms with Crippen LogP contribution in [0.1, 0.15) is 32.4 Å². The van der Waals surface area contributed by atoms with Gasteiger partial charge in [0.15, 0.2) is 11.6 Å². The molecule has 33 heavy (non-hydrogen) atoms. The normalized spacial score (nSPS) is 14.3. The molecule has 2 aromatic rings. The zero-order valence-electron chi connectivity index (χ0n) is 19.6. The van der Waals surface area contributed by atoms with Gasteiger partial charge in [-0.2, -0.15) is 11.8 Å². The number of carbonyl (C=O) groups is 1. The monoisotopic (exact) mass is 475 g/mol. The number of rotatable bonds is 9. The summed E-state index contributed by atoms with van der Waals surface area (Å²) in [4.78, 5) is 22.6. The minimum atomic E-state index is -0.295. The van der Waals surface area contributed by atoms with Crippen molar-refractivity contribution in [2.24, 2.45) is 0 Å². The minimum absolute atomic E-state index is 0.0549. The molecule has 1 aliphatic rings. The van der Waals surface area contributed by atoms with Crippen LogP contribution in [0.4, 0.5) is 22.1 Å². The Kier molecular flexibility index (Phi) is 8.87. The summed E-state index contributed by atoms with van der Waals surface area (Å²) >= 11 is 1.78. The van der Waals surface area contributed by atoms with E-state index in [4.69, 9.17) is 9.47 Å². The van der Waals surface area contributed by atoms with Gasteiger partial charge in [-0.15, -0.1) is 0 Å². The second-order valence-electron chi connectivity index (χ2n) is 8.12. The van der Waals surface area contributed by atoms with Crippen LogP contribution in [0, 0.1) is 6.92 Å². The molecule has 0 unspecified atom stereocenters. The van der Waals surface area contributed by atoms with Crippen LogP contribution in [0.15, 0.2) is 24.4 Å². The van der Waals surface area contributed by atoms with Crippen LogP contribution in [0.2, 0.25) is 0 Å². The predicted octanol–water partition coefficient (Wildman–Crippen LogP) is 4.40. The van der Waals surface area contributed by atoms with Crippen molar-refractivity contribution in [3.63, 3.8) is 0 Å². The molecule has 0 atom stereocenters. The lowest BCUT2D eigenvalue weighted by Gasteiger charge is -2.32. The van der Waals surface area contributed by atoms with Gasteiger partial charge in [0, 0.05) is 50.5 Å². The summed E-state index contributed by atoms with van der Waals surface area (Å²) in [5.74, 6) is 2.42. The summed E-state index contributed by atoms with van der Waals surface area (Å²) in [5.41, 5.74) is 1.54. The first-order valence-corrected chi connectivity index (χ1v) is 12.5. The largest absolute Gasteiger partial charge is 0.502 e. The van der Waals surface area contributed by atoms with E-state index in [0.29, 0.717) is 37.5 Å². The van der Waals surface area contributed by atoms with E-state index in [1.54, 1.807) is 28.9 Å². The third-order valence-electron chi connectivity index (χ3n) is 5.17. The third-order valence-corrected chi connectivity index (χ3v) is 5.78. The van der Waals surface area contributed by atoms with Gasteiger partial charge in [0.2, 0.25) is 5.75 Å². The van der Waals surface area contributed by atoms with Crippen molar-refractivity contribution >= 4 is 35.2 Å². The van der Waals surface area contributed by atoms with Crippen molar-refractivity contribution in [3.05, 3.63) is 30.1 Å². The van der Waals surface area contributed by atoms with Gasteiger partial charge >= 0.3 is 6.09 Å². The first-order valence-electron chi connectivity index (χ1n) is 11.1. The Labute approximate surface area is 199 Å². The molecular weight excluding hydrogens is 442 g/mol. The molecule has 1 saturated heterocycles. The van der Waals surface area contributed by atoms with Crippen LogP contribution in [0.25, 0.3) is 0 Å². The van der Waals surface area contributed by atoms with Gasteiger partial charge in [0.05, 0.1) is 17.5 Å². The second kappa shape index (κ2) is 11.8. The van der Waals surface area contributed by atoms with E-state index < -0.39 is 0 Å². The van der Waals surface area contributed by atoms with E-state index in [1.807, 2.05) is 32.9 Å². The molecule has 10 heteroatoms. The molecule has 3 rings (SSSR count). The van der Waals surface area contributed by atoms with Gasteiger partial charge in [-0.3, -0.25) is 0 Å². The number of aromatic hydroxyl groups is 1. The number of likely N-dealkylation sites (tertiary alicyclic amines) is 1. The molecule has 0 bridgehead atoms. The first-order chi connectivity index (χ1) is 15.9. The number of anilines is 3. The van der Waals surface area contributed by atoms with E-state index in [1.165, 1.54) is 0 Å². The minimum Gasteiger partial charge on any atom is -0.502 e. The zero-order chi connectivity index (χ0) is 23.8. The highest BCUT2D eigenvalue weighted by molar-refractivity contribution is 7.98. The molecule has 0 spiro atoms. The van der Waals surface area contributed by atoms with Gasteiger partial charge < -0.3 is 30.1 Å². The zero-order valence-corrected chi connectivity index (χ0v) is 20.4. The SMILES string of the molecule is CSCCNc1ccc(Nc2nccc(OC3CCN(C(=O)OC(C)C)CC3)c2O)c(C)n1. The number of piperidine rings is 1. The lowest BCUT2D eigenvalue weighted by Crippen LogP contribution is -2.42. The molecule has 1 aliphatic heterocycles. The van der Waals surface area contributed by atoms with Crippen LogP contribution in [0.5, 0.6) is 11.5 Å². The van der Waals surface area contributed by atoms with Gasteiger partial charge in [0.1, 0.15) is 11.9 Å². The quantitative estimate of drug-likeness (QED) is 0.455. The first kappa shape index (κ1) is 24.8. The standard InChI is InChI=1S/C23H33N5O4S/c1-15(2)31-23(30)28-12-8-17(9-13-28)32-19-7-10-25-22(21(19)29)27-18-5-6-20(26-16(18)3)24-11-14-33-4/h5-7,10,15,17,29H,8-9,11-14H2,1-4H3,(H,24,26)(H,25,27). The summed E-state index contributed by atoms with van der Waals surface area (Å²) in [6.45, 7) is 7.52. The van der Waals surface area contributed by atoms with Crippen LogP contribution in [-0.2, 0) is 4.74 Å². The Morgan fingerprint density at radius 1 is 1.30 bits per heavy atom. The van der Waals surface area contributed by atoms with E-state index in [9.17, 15) is 9.90 Å². The molecule has 180 valence electrons. The smallest absolute Gasteiger partial charge is 0.410 e. The highest BCUT2D eigenvalue weighted by atomic mass is 32.2. The number of nitrogens with one attached hydrogen (secondary N) is 2. The molecule has 9 nitrogen and oxygen atoms in total. The topological polar surface area (TPSA) is 109 Å².